The van der Waals surface area contributed by atoms with Gasteiger partial charge >= 0.3 is 0 Å². The molecule has 3 rings (SSSR count). The molecule has 0 amide bonds. The van der Waals surface area contributed by atoms with E-state index in [4.69, 9.17) is 21.9 Å². The molecule has 1 aromatic heterocycles. The molecule has 2 aromatic rings. The lowest BCUT2D eigenvalue weighted by Gasteiger charge is -2.34. The number of unbranched alkanes of at least 4 members (excludes halogenated alkanes) is 1. The quantitative estimate of drug-likeness (QED) is 0.745. The van der Waals surface area contributed by atoms with Gasteiger partial charge < -0.3 is 9.30 Å². The maximum atomic E-state index is 5.96. The van der Waals surface area contributed by atoms with Crippen LogP contribution in [0.25, 0.3) is 11.4 Å². The summed E-state index contributed by atoms with van der Waals surface area (Å²) in [6, 6.07) is 10.4. The van der Waals surface area contributed by atoms with Crippen LogP contribution in [0.1, 0.15) is 44.9 Å². The van der Waals surface area contributed by atoms with Crippen molar-refractivity contribution in [3.63, 3.8) is 0 Å². The number of rotatable bonds is 4. The summed E-state index contributed by atoms with van der Waals surface area (Å²) in [6.45, 7) is 8.05. The molecule has 23 heavy (non-hydrogen) atoms. The molecule has 0 spiro atoms. The zero-order chi connectivity index (χ0) is 16.4. The molecule has 1 aromatic carbocycles. The molecule has 0 radical (unpaired) electrons. The molecule has 0 fully saturated rings. The van der Waals surface area contributed by atoms with Crippen LogP contribution in [-0.4, -0.2) is 15.2 Å². The van der Waals surface area contributed by atoms with E-state index in [1.807, 2.05) is 6.07 Å². The average Bonchev–Trinajstić information content (AvgIpc) is 2.53. The minimum atomic E-state index is -0.155. The number of aromatic nitrogens is 2. The van der Waals surface area contributed by atoms with Gasteiger partial charge in [0.05, 0.1) is 12.2 Å². The molecular weight excluding hydrogens is 304 g/mol. The van der Waals surface area contributed by atoms with E-state index >= 15 is 0 Å². The molecule has 0 unspecified atom stereocenters. The van der Waals surface area contributed by atoms with Crippen molar-refractivity contribution in [1.29, 1.82) is 0 Å². The highest BCUT2D eigenvalue weighted by atomic mass is 32.1. The Kier molecular flexibility index (Phi) is 4.64. The SMILES string of the molecule is CCCCn1c(-c2ccccc2)nc(=S)c2c1CC(C)(C)OC2. The van der Waals surface area contributed by atoms with Crippen molar-refractivity contribution in [2.45, 2.75) is 58.8 Å². The van der Waals surface area contributed by atoms with Crippen molar-refractivity contribution in [2.75, 3.05) is 0 Å². The van der Waals surface area contributed by atoms with Crippen LogP contribution < -0.4 is 0 Å². The van der Waals surface area contributed by atoms with Crippen molar-refractivity contribution >= 4 is 12.2 Å². The van der Waals surface area contributed by atoms with E-state index in [0.29, 0.717) is 11.2 Å². The van der Waals surface area contributed by atoms with E-state index in [1.165, 1.54) is 5.69 Å². The fourth-order valence-electron chi connectivity index (χ4n) is 3.07. The summed E-state index contributed by atoms with van der Waals surface area (Å²) in [5.74, 6) is 0.987. The fourth-order valence-corrected chi connectivity index (χ4v) is 3.34. The van der Waals surface area contributed by atoms with E-state index in [1.54, 1.807) is 0 Å². The minimum Gasteiger partial charge on any atom is -0.370 e. The summed E-state index contributed by atoms with van der Waals surface area (Å²) < 4.78 is 9.01. The maximum Gasteiger partial charge on any atom is 0.141 e. The second-order valence-electron chi connectivity index (χ2n) is 6.76. The second kappa shape index (κ2) is 6.54. The number of ether oxygens (including phenoxy) is 1. The van der Waals surface area contributed by atoms with Crippen molar-refractivity contribution in [3.05, 3.63) is 46.2 Å². The third-order valence-corrected chi connectivity index (χ3v) is 4.70. The molecule has 0 bridgehead atoms. The van der Waals surface area contributed by atoms with Gasteiger partial charge in [-0.05, 0) is 20.3 Å². The number of benzene rings is 1. The first-order chi connectivity index (χ1) is 11.0. The molecule has 0 saturated carbocycles. The fraction of sp³-hybridized carbons (Fsp3) is 0.474. The Morgan fingerprint density at radius 1 is 1.26 bits per heavy atom. The predicted molar refractivity (Wildman–Crippen MR) is 96.0 cm³/mol. The van der Waals surface area contributed by atoms with Crippen molar-refractivity contribution in [2.24, 2.45) is 0 Å². The standard InChI is InChI=1S/C19H24N2OS/c1-4-5-11-21-16-12-19(2,3)22-13-15(16)18(23)20-17(21)14-9-7-6-8-10-14/h6-10H,4-5,11-13H2,1-3H3. The molecule has 0 N–H and O–H groups in total. The lowest BCUT2D eigenvalue weighted by Crippen LogP contribution is -2.35. The molecule has 0 atom stereocenters. The van der Waals surface area contributed by atoms with Crippen LogP contribution in [0, 0.1) is 4.64 Å². The van der Waals surface area contributed by atoms with Gasteiger partial charge in [0.25, 0.3) is 0 Å². The Morgan fingerprint density at radius 3 is 2.70 bits per heavy atom. The molecule has 0 saturated heterocycles. The zero-order valence-corrected chi connectivity index (χ0v) is 14.9. The van der Waals surface area contributed by atoms with Crippen LogP contribution in [-0.2, 0) is 24.3 Å². The molecule has 0 aliphatic carbocycles. The molecule has 3 nitrogen and oxygen atoms in total. The van der Waals surface area contributed by atoms with E-state index < -0.39 is 0 Å². The van der Waals surface area contributed by atoms with Gasteiger partial charge in [0, 0.05) is 29.8 Å². The van der Waals surface area contributed by atoms with E-state index in [2.05, 4.69) is 49.6 Å². The highest BCUT2D eigenvalue weighted by Gasteiger charge is 2.30. The van der Waals surface area contributed by atoms with Crippen LogP contribution >= 0.6 is 12.2 Å². The normalized spacial score (nSPS) is 16.1. The van der Waals surface area contributed by atoms with Gasteiger partial charge in [0.2, 0.25) is 0 Å². The first-order valence-electron chi connectivity index (χ1n) is 8.34. The van der Waals surface area contributed by atoms with Gasteiger partial charge in [-0.2, -0.15) is 0 Å². The Morgan fingerprint density at radius 2 is 2.00 bits per heavy atom. The molecular formula is C19H24N2OS. The van der Waals surface area contributed by atoms with Crippen molar-refractivity contribution in [3.8, 4) is 11.4 Å². The molecule has 1 aliphatic heterocycles. The first-order valence-corrected chi connectivity index (χ1v) is 8.74. The summed E-state index contributed by atoms with van der Waals surface area (Å²) in [7, 11) is 0. The smallest absolute Gasteiger partial charge is 0.141 e. The summed E-state index contributed by atoms with van der Waals surface area (Å²) in [4.78, 5) is 4.76. The Bertz CT molecular complexity index is 750. The summed E-state index contributed by atoms with van der Waals surface area (Å²) >= 11 is 5.57. The maximum absolute atomic E-state index is 5.96. The molecule has 1 aliphatic rings. The van der Waals surface area contributed by atoms with Crippen molar-refractivity contribution in [1.82, 2.24) is 9.55 Å². The number of fused-ring (bicyclic) bond motifs is 1. The lowest BCUT2D eigenvalue weighted by molar-refractivity contribution is -0.0428. The largest absolute Gasteiger partial charge is 0.370 e. The van der Waals surface area contributed by atoms with E-state index in [-0.39, 0.29) is 5.60 Å². The predicted octanol–water partition coefficient (Wildman–Crippen LogP) is 4.93. The van der Waals surface area contributed by atoms with Gasteiger partial charge in [-0.3, -0.25) is 0 Å². The van der Waals surface area contributed by atoms with Crippen LogP contribution in [0.2, 0.25) is 0 Å². The number of hydrogen-bond acceptors (Lipinski definition) is 3. The van der Waals surface area contributed by atoms with Crippen LogP contribution in [0.15, 0.2) is 30.3 Å². The van der Waals surface area contributed by atoms with Crippen LogP contribution in [0.4, 0.5) is 0 Å². The highest BCUT2D eigenvalue weighted by Crippen LogP contribution is 2.31. The Hall–Kier alpha value is -1.52. The lowest BCUT2D eigenvalue weighted by atomic mass is 9.95. The molecule has 2 heterocycles. The number of nitrogens with zero attached hydrogens (tertiary/aromatic N) is 2. The summed E-state index contributed by atoms with van der Waals surface area (Å²) in [6.07, 6.45) is 3.17. The second-order valence-corrected chi connectivity index (χ2v) is 7.15. The summed E-state index contributed by atoms with van der Waals surface area (Å²) in [5.41, 5.74) is 3.36. The monoisotopic (exact) mass is 328 g/mol. The Balaban J connectivity index is 2.20. The topological polar surface area (TPSA) is 27.1 Å². The van der Waals surface area contributed by atoms with Crippen LogP contribution in [0.5, 0.6) is 0 Å². The van der Waals surface area contributed by atoms with Crippen LogP contribution in [0.3, 0.4) is 0 Å². The van der Waals surface area contributed by atoms with Gasteiger partial charge in [0.15, 0.2) is 0 Å². The average molecular weight is 328 g/mol. The van der Waals surface area contributed by atoms with Gasteiger partial charge in [-0.15, -0.1) is 0 Å². The third kappa shape index (κ3) is 3.38. The molecule has 122 valence electrons. The molecule has 4 heteroatoms. The van der Waals surface area contributed by atoms with Crippen molar-refractivity contribution < 1.29 is 4.74 Å². The highest BCUT2D eigenvalue weighted by molar-refractivity contribution is 7.71. The Labute approximate surface area is 143 Å². The minimum absolute atomic E-state index is 0.155. The van der Waals surface area contributed by atoms with Gasteiger partial charge in [-0.1, -0.05) is 55.9 Å². The van der Waals surface area contributed by atoms with Gasteiger partial charge in [-0.25, -0.2) is 4.98 Å². The first kappa shape index (κ1) is 16.3. The number of hydrogen-bond donors (Lipinski definition) is 0. The van der Waals surface area contributed by atoms with Gasteiger partial charge in [0.1, 0.15) is 10.5 Å². The van der Waals surface area contributed by atoms with E-state index in [0.717, 1.165) is 42.8 Å². The van der Waals surface area contributed by atoms with E-state index in [9.17, 15) is 0 Å². The third-order valence-electron chi connectivity index (χ3n) is 4.36. The summed E-state index contributed by atoms with van der Waals surface area (Å²) in [5, 5.41) is 0. The zero-order valence-electron chi connectivity index (χ0n) is 14.1.